The second-order valence-electron chi connectivity index (χ2n) is 8.06. The Kier molecular flexibility index (Phi) is 6.41. The van der Waals surface area contributed by atoms with Crippen LogP contribution < -0.4 is 16.6 Å². The van der Waals surface area contributed by atoms with E-state index in [4.69, 9.17) is 9.47 Å². The highest BCUT2D eigenvalue weighted by atomic mass is 16.6. The van der Waals surface area contributed by atoms with Crippen LogP contribution in [0.3, 0.4) is 0 Å². The molecule has 15 nitrogen and oxygen atoms in total. The number of benzene rings is 1. The van der Waals surface area contributed by atoms with Gasteiger partial charge in [0.05, 0.1) is 29.1 Å². The predicted molar refractivity (Wildman–Crippen MR) is 119 cm³/mol. The molecule has 15 heteroatoms. The first-order valence-electron chi connectivity index (χ1n) is 10.6. The van der Waals surface area contributed by atoms with Gasteiger partial charge < -0.3 is 19.9 Å². The molecule has 0 radical (unpaired) electrons. The number of ether oxygens (including phenoxy) is 2. The van der Waals surface area contributed by atoms with Gasteiger partial charge in [-0.05, 0) is 12.5 Å². The average Bonchev–Trinajstić information content (AvgIpc) is 3.31. The summed E-state index contributed by atoms with van der Waals surface area (Å²) in [5.74, 6) is 4.10. The van der Waals surface area contributed by atoms with Crippen molar-refractivity contribution < 1.29 is 29.2 Å². The number of amides is 1. The van der Waals surface area contributed by atoms with E-state index in [-0.39, 0.29) is 18.7 Å². The molecule has 1 unspecified atom stereocenters. The number of H-pyrrole nitrogens is 1. The average molecular weight is 501 g/mol. The molecule has 1 aromatic carbocycles. The lowest BCUT2D eigenvalue weighted by Gasteiger charge is -2.30. The summed E-state index contributed by atoms with van der Waals surface area (Å²) in [6, 6.07) is 2.58. The maximum Gasteiger partial charge on any atom is 0.330 e. The Labute approximate surface area is 201 Å². The fourth-order valence-electron chi connectivity index (χ4n) is 4.07. The number of nitrogens with one attached hydrogen (secondary N) is 2. The van der Waals surface area contributed by atoms with Crippen molar-refractivity contribution in [2.75, 3.05) is 13.2 Å². The van der Waals surface area contributed by atoms with E-state index in [2.05, 4.69) is 22.1 Å². The number of nitro benzene ring substituents is 2. The van der Waals surface area contributed by atoms with E-state index in [0.29, 0.717) is 12.5 Å². The van der Waals surface area contributed by atoms with Crippen molar-refractivity contribution in [2.24, 2.45) is 0 Å². The Morgan fingerprint density at radius 1 is 1.33 bits per heavy atom. The minimum absolute atomic E-state index is 0.142. The van der Waals surface area contributed by atoms with Crippen molar-refractivity contribution in [3.63, 3.8) is 0 Å². The van der Waals surface area contributed by atoms with Crippen molar-refractivity contribution in [1.29, 1.82) is 0 Å². The van der Waals surface area contributed by atoms with Gasteiger partial charge in [-0.15, -0.1) is 0 Å². The van der Waals surface area contributed by atoms with Gasteiger partial charge in [-0.25, -0.2) is 4.79 Å². The number of fused-ring (bicyclic) bond motifs is 2. The fraction of sp³-hybridized carbons (Fsp3) is 0.381. The van der Waals surface area contributed by atoms with Crippen LogP contribution in [0.4, 0.5) is 11.4 Å². The molecule has 3 heterocycles. The number of aromatic amines is 1. The summed E-state index contributed by atoms with van der Waals surface area (Å²) in [7, 11) is 0. The Balaban J connectivity index is 1.51. The summed E-state index contributed by atoms with van der Waals surface area (Å²) >= 11 is 0. The maximum atomic E-state index is 12.4. The van der Waals surface area contributed by atoms with Gasteiger partial charge in [0, 0.05) is 12.3 Å². The highest BCUT2D eigenvalue weighted by Crippen LogP contribution is 2.46. The van der Waals surface area contributed by atoms with Crippen molar-refractivity contribution in [3.8, 4) is 11.8 Å². The van der Waals surface area contributed by atoms with Gasteiger partial charge in [-0.1, -0.05) is 18.8 Å². The number of aliphatic hydroxyl groups excluding tert-OH is 1. The summed E-state index contributed by atoms with van der Waals surface area (Å²) in [6.07, 6.45) is -1.16. The maximum absolute atomic E-state index is 12.4. The first-order valence-corrected chi connectivity index (χ1v) is 10.6. The molecule has 36 heavy (non-hydrogen) atoms. The van der Waals surface area contributed by atoms with E-state index in [0.717, 1.165) is 22.9 Å². The molecule has 2 aliphatic rings. The molecule has 3 N–H and O–H groups in total. The van der Waals surface area contributed by atoms with E-state index < -0.39 is 68.0 Å². The molecule has 2 bridgehead atoms. The van der Waals surface area contributed by atoms with Gasteiger partial charge in [0.1, 0.15) is 28.9 Å². The van der Waals surface area contributed by atoms with Crippen LogP contribution in [0, 0.1) is 32.1 Å². The van der Waals surface area contributed by atoms with Gasteiger partial charge in [-0.3, -0.25) is 39.4 Å². The Morgan fingerprint density at radius 2 is 2.08 bits per heavy atom. The number of hydrogen-bond donors (Lipinski definition) is 3. The molecule has 0 spiro atoms. The summed E-state index contributed by atoms with van der Waals surface area (Å²) in [5.41, 5.74) is -4.39. The second kappa shape index (κ2) is 9.34. The minimum atomic E-state index is -0.985. The standard InChI is InChI=1S/C21H19N5O10/c1-2-21-10-35-15(16(21)27)19(36-21)24-9-11(17(28)23-20(24)30)4-3-7-22-18(29)13-6-5-12(25(31)32)8-14(13)26(33)34/h5-6,8-9,15-16,19,27H,2,7,10H2,1H3,(H,22,29)(H,23,28,30)/t15?,16-,19-,21+/m1/s1. The van der Waals surface area contributed by atoms with Gasteiger partial charge in [0.25, 0.3) is 22.8 Å². The van der Waals surface area contributed by atoms with Crippen LogP contribution >= 0.6 is 0 Å². The van der Waals surface area contributed by atoms with E-state index in [1.165, 1.54) is 0 Å². The van der Waals surface area contributed by atoms with E-state index in [1.807, 2.05) is 6.92 Å². The molecule has 1 amide bonds. The van der Waals surface area contributed by atoms with Gasteiger partial charge in [0.2, 0.25) is 0 Å². The summed E-state index contributed by atoms with van der Waals surface area (Å²) in [4.78, 5) is 59.3. The molecule has 4 rings (SSSR count). The van der Waals surface area contributed by atoms with E-state index in [1.54, 1.807) is 0 Å². The molecule has 0 aliphatic carbocycles. The number of nitrogens with zero attached hydrogens (tertiary/aromatic N) is 3. The zero-order valence-electron chi connectivity index (χ0n) is 18.6. The Hall–Kier alpha value is -4.39. The zero-order valence-corrected chi connectivity index (χ0v) is 18.6. The molecular formula is C21H19N5O10. The molecule has 2 aromatic rings. The monoisotopic (exact) mass is 501 g/mol. The molecule has 0 saturated carbocycles. The van der Waals surface area contributed by atoms with Crippen LogP contribution in [0.1, 0.15) is 35.5 Å². The van der Waals surface area contributed by atoms with Gasteiger partial charge in [0.15, 0.2) is 6.23 Å². The van der Waals surface area contributed by atoms with E-state index in [9.17, 15) is 39.7 Å². The minimum Gasteiger partial charge on any atom is -0.387 e. The molecule has 2 aliphatic heterocycles. The smallest absolute Gasteiger partial charge is 0.330 e. The van der Waals surface area contributed by atoms with Gasteiger partial charge in [-0.2, -0.15) is 0 Å². The third kappa shape index (κ3) is 4.24. The molecular weight excluding hydrogens is 482 g/mol. The number of carbonyl (C=O) groups is 1. The van der Waals surface area contributed by atoms with Crippen LogP contribution in [0.5, 0.6) is 0 Å². The number of non-ortho nitro benzene ring substituents is 1. The summed E-state index contributed by atoms with van der Waals surface area (Å²) < 4.78 is 12.5. The van der Waals surface area contributed by atoms with Crippen molar-refractivity contribution in [3.05, 3.63) is 76.6 Å². The molecule has 1 aromatic heterocycles. The first-order chi connectivity index (χ1) is 17.1. The van der Waals surface area contributed by atoms with E-state index >= 15 is 0 Å². The number of hydrogen-bond acceptors (Lipinski definition) is 10. The first kappa shape index (κ1) is 24.7. The SMILES string of the molecule is CC[C@@]12COC([C@H](n3cc(C#CCNC(=O)c4ccc([N+](=O)[O-])cc4[N+](=O)[O-])c(=O)[nH]c3=O)O1)[C@H]2O. The lowest BCUT2D eigenvalue weighted by atomic mass is 9.96. The normalized spacial score (nSPS) is 24.1. The van der Waals surface area contributed by atoms with Crippen molar-refractivity contribution in [2.45, 2.75) is 37.4 Å². The summed E-state index contributed by atoms with van der Waals surface area (Å²) in [6.45, 7) is 1.64. The number of aliphatic hydroxyl groups is 1. The predicted octanol–water partition coefficient (Wildman–Crippen LogP) is -0.428. The summed E-state index contributed by atoms with van der Waals surface area (Å²) in [5, 5.41) is 34.8. The number of aromatic nitrogens is 2. The molecule has 2 fully saturated rings. The van der Waals surface area contributed by atoms with Crippen LogP contribution in [-0.4, -0.2) is 61.4 Å². The largest absolute Gasteiger partial charge is 0.387 e. The third-order valence-corrected chi connectivity index (χ3v) is 6.04. The number of carbonyl (C=O) groups excluding carboxylic acids is 1. The highest BCUT2D eigenvalue weighted by Gasteiger charge is 2.60. The molecule has 4 atom stereocenters. The lowest BCUT2D eigenvalue weighted by Crippen LogP contribution is -2.41. The topological polar surface area (TPSA) is 209 Å². The highest BCUT2D eigenvalue weighted by molar-refractivity contribution is 5.98. The van der Waals surface area contributed by atoms with Crippen LogP contribution in [0.2, 0.25) is 0 Å². The lowest BCUT2D eigenvalue weighted by molar-refractivity contribution is -0.394. The fourth-order valence-corrected chi connectivity index (χ4v) is 4.07. The molecule has 188 valence electrons. The quantitative estimate of drug-likeness (QED) is 0.264. The number of nitro groups is 2. The second-order valence-corrected chi connectivity index (χ2v) is 8.06. The van der Waals surface area contributed by atoms with Crippen LogP contribution in [-0.2, 0) is 9.47 Å². The zero-order chi connectivity index (χ0) is 26.2. The van der Waals surface area contributed by atoms with Crippen LogP contribution in [0.15, 0.2) is 34.0 Å². The Bertz CT molecular complexity index is 1440. The van der Waals surface area contributed by atoms with Crippen LogP contribution in [0.25, 0.3) is 0 Å². The number of rotatable bonds is 6. The third-order valence-electron chi connectivity index (χ3n) is 6.04. The van der Waals surface area contributed by atoms with Crippen molar-refractivity contribution >= 4 is 17.3 Å². The van der Waals surface area contributed by atoms with Crippen molar-refractivity contribution in [1.82, 2.24) is 14.9 Å². The Morgan fingerprint density at radius 3 is 2.72 bits per heavy atom. The molecule has 2 saturated heterocycles. The van der Waals surface area contributed by atoms with Gasteiger partial charge >= 0.3 is 5.69 Å².